The summed E-state index contributed by atoms with van der Waals surface area (Å²) in [6.45, 7) is 0.0397. The lowest BCUT2D eigenvalue weighted by molar-refractivity contribution is -0.384. The molecule has 0 atom stereocenters. The average molecular weight is 413 g/mol. The van der Waals surface area contributed by atoms with Gasteiger partial charge in [0.25, 0.3) is 11.6 Å². The van der Waals surface area contributed by atoms with Gasteiger partial charge in [0, 0.05) is 12.3 Å². The number of nitro benzene ring substituents is 1. The highest BCUT2D eigenvalue weighted by Gasteiger charge is 2.19. The molecule has 154 valence electrons. The summed E-state index contributed by atoms with van der Waals surface area (Å²) in [5.74, 6) is 0.454. The van der Waals surface area contributed by atoms with Crippen molar-refractivity contribution in [2.24, 2.45) is 0 Å². The van der Waals surface area contributed by atoms with Crippen molar-refractivity contribution in [1.82, 2.24) is 4.98 Å². The van der Waals surface area contributed by atoms with Crippen LogP contribution in [0.25, 0.3) is 10.8 Å². The van der Waals surface area contributed by atoms with Gasteiger partial charge in [-0.2, -0.15) is 0 Å². The first kappa shape index (κ1) is 20.0. The van der Waals surface area contributed by atoms with Crippen molar-refractivity contribution in [1.29, 1.82) is 0 Å². The number of fused-ring (bicyclic) bond motifs is 1. The predicted molar refractivity (Wildman–Crippen MR) is 118 cm³/mol. The molecule has 0 fully saturated rings. The SMILES string of the molecule is O=C(COc1cccc([N+](=O)[O-])c1)N(Cc1cccc2ccccc12)c1ccccn1. The Kier molecular flexibility index (Phi) is 5.84. The molecule has 7 heteroatoms. The number of ether oxygens (including phenoxy) is 1. The van der Waals surface area contributed by atoms with E-state index < -0.39 is 4.92 Å². The Labute approximate surface area is 178 Å². The summed E-state index contributed by atoms with van der Waals surface area (Å²) in [7, 11) is 0. The minimum Gasteiger partial charge on any atom is -0.483 e. The molecule has 0 saturated heterocycles. The number of non-ortho nitro benzene ring substituents is 1. The van der Waals surface area contributed by atoms with Gasteiger partial charge in [0.15, 0.2) is 6.61 Å². The molecule has 3 aromatic carbocycles. The number of anilines is 1. The monoisotopic (exact) mass is 413 g/mol. The third kappa shape index (κ3) is 4.67. The fraction of sp³-hybridized carbons (Fsp3) is 0.0833. The number of nitro groups is 1. The summed E-state index contributed by atoms with van der Waals surface area (Å²) < 4.78 is 5.56. The fourth-order valence-corrected chi connectivity index (χ4v) is 3.32. The number of carbonyl (C=O) groups excluding carboxylic acids is 1. The van der Waals surface area contributed by atoms with E-state index >= 15 is 0 Å². The second-order valence-corrected chi connectivity index (χ2v) is 6.85. The summed E-state index contributed by atoms with van der Waals surface area (Å²) >= 11 is 0. The quantitative estimate of drug-likeness (QED) is 0.322. The Morgan fingerprint density at radius 2 is 1.74 bits per heavy atom. The highest BCUT2D eigenvalue weighted by atomic mass is 16.6. The van der Waals surface area contributed by atoms with E-state index in [1.54, 1.807) is 29.3 Å². The van der Waals surface area contributed by atoms with Crippen LogP contribution in [0.2, 0.25) is 0 Å². The van der Waals surface area contributed by atoms with Crippen molar-refractivity contribution < 1.29 is 14.5 Å². The van der Waals surface area contributed by atoms with E-state index in [0.717, 1.165) is 16.3 Å². The maximum absolute atomic E-state index is 13.1. The van der Waals surface area contributed by atoms with Gasteiger partial charge in [0.05, 0.1) is 17.5 Å². The summed E-state index contributed by atoms with van der Waals surface area (Å²) in [6, 6.07) is 25.1. The molecule has 1 heterocycles. The predicted octanol–water partition coefficient (Wildman–Crippen LogP) is 4.76. The molecule has 0 radical (unpaired) electrons. The number of carbonyl (C=O) groups is 1. The van der Waals surface area contributed by atoms with E-state index in [1.165, 1.54) is 18.2 Å². The van der Waals surface area contributed by atoms with Gasteiger partial charge in [-0.15, -0.1) is 0 Å². The molecule has 0 aliphatic carbocycles. The second-order valence-electron chi connectivity index (χ2n) is 6.85. The largest absolute Gasteiger partial charge is 0.483 e. The number of hydrogen-bond acceptors (Lipinski definition) is 5. The molecule has 4 rings (SSSR count). The van der Waals surface area contributed by atoms with Gasteiger partial charge in [-0.05, 0) is 34.5 Å². The summed E-state index contributed by atoms with van der Waals surface area (Å²) in [6.07, 6.45) is 1.63. The van der Waals surface area contributed by atoms with Gasteiger partial charge in [0.1, 0.15) is 11.6 Å². The molecule has 1 amide bonds. The maximum Gasteiger partial charge on any atom is 0.273 e. The Bertz CT molecular complexity index is 1220. The van der Waals surface area contributed by atoms with Crippen LogP contribution < -0.4 is 9.64 Å². The standard InChI is InChI=1S/C24H19N3O4/c28-24(17-31-21-11-6-10-20(15-21)27(29)30)26(23-13-3-4-14-25-23)16-19-9-5-8-18-7-1-2-12-22(18)19/h1-15H,16-17H2. The molecule has 0 saturated carbocycles. The molecule has 1 aromatic heterocycles. The van der Waals surface area contributed by atoms with Gasteiger partial charge in [0.2, 0.25) is 0 Å². The minimum absolute atomic E-state index is 0.0951. The zero-order valence-corrected chi connectivity index (χ0v) is 16.5. The molecule has 0 spiro atoms. The summed E-state index contributed by atoms with van der Waals surface area (Å²) in [5.41, 5.74) is 0.884. The summed E-state index contributed by atoms with van der Waals surface area (Å²) in [4.78, 5) is 29.4. The first-order valence-corrected chi connectivity index (χ1v) is 9.67. The maximum atomic E-state index is 13.1. The van der Waals surface area contributed by atoms with Crippen molar-refractivity contribution in [2.45, 2.75) is 6.54 Å². The van der Waals surface area contributed by atoms with Crippen LogP contribution in [-0.2, 0) is 11.3 Å². The highest BCUT2D eigenvalue weighted by molar-refractivity contribution is 5.94. The fourth-order valence-electron chi connectivity index (χ4n) is 3.32. The molecule has 7 nitrogen and oxygen atoms in total. The van der Waals surface area contributed by atoms with Crippen molar-refractivity contribution in [3.8, 4) is 5.75 Å². The van der Waals surface area contributed by atoms with E-state index in [4.69, 9.17) is 4.74 Å². The second kappa shape index (κ2) is 9.04. The number of nitrogens with zero attached hydrogens (tertiary/aromatic N) is 3. The topological polar surface area (TPSA) is 85.6 Å². The van der Waals surface area contributed by atoms with Crippen molar-refractivity contribution >= 4 is 28.2 Å². The number of benzene rings is 3. The van der Waals surface area contributed by atoms with Crippen LogP contribution in [0.1, 0.15) is 5.56 Å². The minimum atomic E-state index is -0.505. The zero-order valence-electron chi connectivity index (χ0n) is 16.5. The van der Waals surface area contributed by atoms with Crippen LogP contribution in [-0.4, -0.2) is 22.4 Å². The van der Waals surface area contributed by atoms with Gasteiger partial charge in [-0.25, -0.2) is 4.98 Å². The van der Waals surface area contributed by atoms with E-state index in [2.05, 4.69) is 4.98 Å². The smallest absolute Gasteiger partial charge is 0.273 e. The lowest BCUT2D eigenvalue weighted by atomic mass is 10.0. The summed E-state index contributed by atoms with van der Waals surface area (Å²) in [5, 5.41) is 13.1. The first-order chi connectivity index (χ1) is 15.1. The Morgan fingerprint density at radius 3 is 2.55 bits per heavy atom. The molecular weight excluding hydrogens is 394 g/mol. The van der Waals surface area contributed by atoms with Crippen molar-refractivity contribution in [3.05, 3.63) is 107 Å². The van der Waals surface area contributed by atoms with E-state index in [-0.39, 0.29) is 24.0 Å². The molecule has 0 bridgehead atoms. The van der Waals surface area contributed by atoms with Crippen LogP contribution >= 0.6 is 0 Å². The lowest BCUT2D eigenvalue weighted by Crippen LogP contribution is -2.35. The van der Waals surface area contributed by atoms with E-state index in [0.29, 0.717) is 12.4 Å². The first-order valence-electron chi connectivity index (χ1n) is 9.67. The Morgan fingerprint density at radius 1 is 0.968 bits per heavy atom. The number of aromatic nitrogens is 1. The number of rotatable bonds is 7. The van der Waals surface area contributed by atoms with E-state index in [1.807, 2.05) is 48.5 Å². The number of hydrogen-bond donors (Lipinski definition) is 0. The van der Waals surface area contributed by atoms with Gasteiger partial charge in [-0.3, -0.25) is 19.8 Å². The number of amides is 1. The van der Waals surface area contributed by atoms with Crippen LogP contribution in [0, 0.1) is 10.1 Å². The molecule has 4 aromatic rings. The Hall–Kier alpha value is -4.26. The van der Waals surface area contributed by atoms with Gasteiger partial charge in [-0.1, -0.05) is 54.6 Å². The molecular formula is C24H19N3O4. The zero-order chi connectivity index (χ0) is 21.6. The lowest BCUT2D eigenvalue weighted by Gasteiger charge is -2.23. The van der Waals surface area contributed by atoms with Crippen LogP contribution in [0.15, 0.2) is 91.1 Å². The van der Waals surface area contributed by atoms with Crippen molar-refractivity contribution in [3.63, 3.8) is 0 Å². The van der Waals surface area contributed by atoms with Crippen LogP contribution in [0.5, 0.6) is 5.75 Å². The van der Waals surface area contributed by atoms with Gasteiger partial charge < -0.3 is 4.74 Å². The molecule has 0 N–H and O–H groups in total. The molecule has 0 aliphatic rings. The highest BCUT2D eigenvalue weighted by Crippen LogP contribution is 2.23. The third-order valence-electron chi connectivity index (χ3n) is 4.83. The number of pyridine rings is 1. The van der Waals surface area contributed by atoms with E-state index in [9.17, 15) is 14.9 Å². The molecule has 0 unspecified atom stereocenters. The molecule has 31 heavy (non-hydrogen) atoms. The average Bonchev–Trinajstić information content (AvgIpc) is 2.82. The molecule has 0 aliphatic heterocycles. The van der Waals surface area contributed by atoms with Gasteiger partial charge >= 0.3 is 0 Å². The van der Waals surface area contributed by atoms with Crippen molar-refractivity contribution in [2.75, 3.05) is 11.5 Å². The normalized spacial score (nSPS) is 10.6. The third-order valence-corrected chi connectivity index (χ3v) is 4.83. The van der Waals surface area contributed by atoms with Crippen LogP contribution in [0.4, 0.5) is 11.5 Å². The van der Waals surface area contributed by atoms with Crippen LogP contribution in [0.3, 0.4) is 0 Å². The Balaban J connectivity index is 1.59.